The van der Waals surface area contributed by atoms with Gasteiger partial charge in [-0.3, -0.25) is 0 Å². The van der Waals surface area contributed by atoms with Gasteiger partial charge in [-0.05, 0) is 49.8 Å². The van der Waals surface area contributed by atoms with E-state index < -0.39 is 0 Å². The van der Waals surface area contributed by atoms with Crippen molar-refractivity contribution in [1.29, 1.82) is 0 Å². The lowest BCUT2D eigenvalue weighted by molar-refractivity contribution is 0.112. The second-order valence-electron chi connectivity index (χ2n) is 10.6. The quantitative estimate of drug-likeness (QED) is 0.476. The van der Waals surface area contributed by atoms with E-state index >= 15 is 0 Å². The third-order valence-electron chi connectivity index (χ3n) is 7.74. The molecule has 7 heteroatoms. The first kappa shape index (κ1) is 24.6. The van der Waals surface area contributed by atoms with Crippen molar-refractivity contribution in [2.75, 3.05) is 26.3 Å². The van der Waals surface area contributed by atoms with Crippen LogP contribution in [0.4, 0.5) is 0 Å². The summed E-state index contributed by atoms with van der Waals surface area (Å²) < 4.78 is 5.13. The monoisotopic (exact) mass is 508 g/mol. The van der Waals surface area contributed by atoms with Crippen LogP contribution in [0.2, 0.25) is 0 Å². The highest BCUT2D eigenvalue weighted by Crippen LogP contribution is 2.42. The lowest BCUT2D eigenvalue weighted by Crippen LogP contribution is -2.47. The van der Waals surface area contributed by atoms with E-state index in [1.54, 1.807) is 6.20 Å². The second kappa shape index (κ2) is 11.0. The van der Waals surface area contributed by atoms with Gasteiger partial charge < -0.3 is 26.0 Å². The number of amidine groups is 1. The fraction of sp³-hybridized carbons (Fsp3) is 0.355. The normalized spacial score (nSPS) is 24.5. The molecule has 1 unspecified atom stereocenters. The summed E-state index contributed by atoms with van der Waals surface area (Å²) >= 11 is 0. The van der Waals surface area contributed by atoms with Gasteiger partial charge in [0.15, 0.2) is 0 Å². The maximum absolute atomic E-state index is 6.35. The zero-order valence-electron chi connectivity index (χ0n) is 21.9. The Hall–Kier alpha value is -3.68. The SMILES string of the molecule is C1CNCCOC1.CC1CC(C2NC(c3ccc4ccc(-c5ccccc5)nc4c3)=C3C(N)=NC=CN32)C1. The number of hydrogen-bond donors (Lipinski definition) is 3. The molecule has 4 aliphatic rings. The van der Waals surface area contributed by atoms with Crippen LogP contribution in [-0.2, 0) is 4.74 Å². The van der Waals surface area contributed by atoms with Crippen LogP contribution in [-0.4, -0.2) is 48.2 Å². The maximum Gasteiger partial charge on any atom is 0.149 e. The molecule has 196 valence electrons. The number of pyridine rings is 1. The molecule has 2 aromatic carbocycles. The van der Waals surface area contributed by atoms with E-state index in [1.807, 2.05) is 24.4 Å². The van der Waals surface area contributed by atoms with Crippen molar-refractivity contribution in [3.63, 3.8) is 0 Å². The zero-order chi connectivity index (χ0) is 25.9. The largest absolute Gasteiger partial charge is 0.382 e. The van der Waals surface area contributed by atoms with Crippen LogP contribution in [0.25, 0.3) is 27.9 Å². The van der Waals surface area contributed by atoms with Crippen LogP contribution in [0.5, 0.6) is 0 Å². The van der Waals surface area contributed by atoms with Gasteiger partial charge in [0.25, 0.3) is 0 Å². The van der Waals surface area contributed by atoms with E-state index in [4.69, 9.17) is 15.5 Å². The third-order valence-corrected chi connectivity index (χ3v) is 7.74. The molecule has 4 heterocycles. The van der Waals surface area contributed by atoms with E-state index in [0.29, 0.717) is 11.8 Å². The molecule has 0 bridgehead atoms. The summed E-state index contributed by atoms with van der Waals surface area (Å²) in [4.78, 5) is 11.6. The van der Waals surface area contributed by atoms with Crippen molar-refractivity contribution in [3.8, 4) is 11.3 Å². The molecule has 1 aliphatic carbocycles. The molecule has 0 radical (unpaired) electrons. The highest BCUT2D eigenvalue weighted by molar-refractivity contribution is 6.05. The molecular weight excluding hydrogens is 472 g/mol. The van der Waals surface area contributed by atoms with E-state index in [1.165, 1.54) is 19.3 Å². The fourth-order valence-electron chi connectivity index (χ4n) is 5.73. The maximum atomic E-state index is 6.35. The van der Waals surface area contributed by atoms with E-state index in [-0.39, 0.29) is 6.17 Å². The Labute approximate surface area is 224 Å². The minimum Gasteiger partial charge on any atom is -0.382 e. The van der Waals surface area contributed by atoms with Gasteiger partial charge in [-0.15, -0.1) is 0 Å². The average Bonchev–Trinajstić information content (AvgIpc) is 3.09. The number of aliphatic imine (C=N–C) groups is 1. The number of nitrogens with one attached hydrogen (secondary N) is 2. The molecular formula is C31H36N6O. The number of nitrogens with zero attached hydrogens (tertiary/aromatic N) is 3. The Kier molecular flexibility index (Phi) is 7.12. The third kappa shape index (κ3) is 5.04. The van der Waals surface area contributed by atoms with Gasteiger partial charge in [-0.25, -0.2) is 9.98 Å². The molecule has 4 N–H and O–H groups in total. The number of ether oxygens (including phenoxy) is 1. The lowest BCUT2D eigenvalue weighted by atomic mass is 9.74. The molecule has 7 rings (SSSR count). The minimum atomic E-state index is 0.228. The summed E-state index contributed by atoms with van der Waals surface area (Å²) in [5.41, 5.74) is 12.5. The topological polar surface area (TPSA) is 87.8 Å². The summed E-state index contributed by atoms with van der Waals surface area (Å²) in [5.74, 6) is 1.97. The number of fused-ring (bicyclic) bond motifs is 2. The molecule has 3 aliphatic heterocycles. The van der Waals surface area contributed by atoms with Crippen LogP contribution in [0.1, 0.15) is 31.7 Å². The molecule has 1 saturated heterocycles. The summed E-state index contributed by atoms with van der Waals surface area (Å²) in [5, 5.41) is 8.12. The predicted octanol–water partition coefficient (Wildman–Crippen LogP) is 4.69. The van der Waals surface area contributed by atoms with Gasteiger partial charge in [0.2, 0.25) is 0 Å². The number of aromatic nitrogens is 1. The molecule has 3 aromatic rings. The summed E-state index contributed by atoms with van der Waals surface area (Å²) in [6, 6.07) is 21.0. The highest BCUT2D eigenvalue weighted by atomic mass is 16.5. The van der Waals surface area contributed by atoms with Crippen LogP contribution in [0.15, 0.2) is 83.8 Å². The first-order valence-electron chi connectivity index (χ1n) is 13.7. The molecule has 0 amide bonds. The molecule has 38 heavy (non-hydrogen) atoms. The first-order chi connectivity index (χ1) is 18.7. The highest BCUT2D eigenvalue weighted by Gasteiger charge is 2.42. The summed E-state index contributed by atoms with van der Waals surface area (Å²) in [6.45, 7) is 6.30. The Morgan fingerprint density at radius 3 is 2.66 bits per heavy atom. The van der Waals surface area contributed by atoms with Crippen molar-refractivity contribution in [2.45, 2.75) is 32.4 Å². The van der Waals surface area contributed by atoms with E-state index in [2.05, 4.69) is 69.9 Å². The van der Waals surface area contributed by atoms with Gasteiger partial charge >= 0.3 is 0 Å². The van der Waals surface area contributed by atoms with Crippen LogP contribution >= 0.6 is 0 Å². The minimum absolute atomic E-state index is 0.228. The molecule has 2 fully saturated rings. The smallest absolute Gasteiger partial charge is 0.149 e. The Morgan fingerprint density at radius 1 is 0.974 bits per heavy atom. The number of hydrogen-bond acceptors (Lipinski definition) is 7. The molecule has 7 nitrogen and oxygen atoms in total. The van der Waals surface area contributed by atoms with Crippen molar-refractivity contribution in [1.82, 2.24) is 20.5 Å². The molecule has 1 aromatic heterocycles. The zero-order valence-corrected chi connectivity index (χ0v) is 21.9. The van der Waals surface area contributed by atoms with Crippen LogP contribution in [0.3, 0.4) is 0 Å². The first-order valence-corrected chi connectivity index (χ1v) is 13.7. The van der Waals surface area contributed by atoms with Crippen molar-refractivity contribution < 1.29 is 4.74 Å². The van der Waals surface area contributed by atoms with Gasteiger partial charge in [0.05, 0.1) is 23.5 Å². The Morgan fingerprint density at radius 2 is 1.82 bits per heavy atom. The number of rotatable bonds is 3. The van der Waals surface area contributed by atoms with Crippen molar-refractivity contribution in [3.05, 3.63) is 84.3 Å². The van der Waals surface area contributed by atoms with Crippen molar-refractivity contribution >= 4 is 22.4 Å². The molecule has 1 saturated carbocycles. The van der Waals surface area contributed by atoms with E-state index in [9.17, 15) is 0 Å². The van der Waals surface area contributed by atoms with Crippen LogP contribution in [0, 0.1) is 11.8 Å². The summed E-state index contributed by atoms with van der Waals surface area (Å²) in [7, 11) is 0. The predicted molar refractivity (Wildman–Crippen MR) is 154 cm³/mol. The van der Waals surface area contributed by atoms with Gasteiger partial charge in [-0.1, -0.05) is 55.5 Å². The molecule has 1 atom stereocenters. The standard InChI is InChI=1S/C26H25N5.C5H11NO/c1-16-13-20(14-16)26-30-23(24-25(27)28-11-12-31(24)26)19-8-7-18-9-10-21(29-22(18)15-19)17-5-3-2-4-6-17;1-2-6-3-5-7-4-1/h2-12,15-16,20,26,30H,13-14H2,1H3,(H2,27,28);6H,1-5H2. The summed E-state index contributed by atoms with van der Waals surface area (Å²) in [6.07, 6.45) is 7.71. The Balaban J connectivity index is 0.000000330. The van der Waals surface area contributed by atoms with Gasteiger partial charge in [0, 0.05) is 42.1 Å². The second-order valence-corrected chi connectivity index (χ2v) is 10.6. The van der Waals surface area contributed by atoms with Crippen molar-refractivity contribution in [2.24, 2.45) is 22.6 Å². The number of benzene rings is 2. The number of nitrogens with two attached hydrogens (primary N) is 1. The molecule has 0 spiro atoms. The van der Waals surface area contributed by atoms with Gasteiger partial charge in [-0.2, -0.15) is 0 Å². The Bertz CT molecular complexity index is 1360. The fourth-order valence-corrected chi connectivity index (χ4v) is 5.73. The van der Waals surface area contributed by atoms with Crippen LogP contribution < -0.4 is 16.4 Å². The van der Waals surface area contributed by atoms with Gasteiger partial charge in [0.1, 0.15) is 17.7 Å². The lowest BCUT2D eigenvalue weighted by Gasteiger charge is -2.41. The average molecular weight is 509 g/mol. The van der Waals surface area contributed by atoms with E-state index in [0.717, 1.165) is 71.3 Å².